The zero-order valence-electron chi connectivity index (χ0n) is 11.0. The zero-order chi connectivity index (χ0) is 13.8. The SMILES string of the molecule is CCCCS(=O)(=O)Nc1cc(C(C)=O)ccc1C. The molecule has 0 atom stereocenters. The molecule has 0 bridgehead atoms. The third-order valence-corrected chi connectivity index (χ3v) is 4.03. The maximum atomic E-state index is 11.8. The molecule has 0 unspecified atom stereocenters. The molecule has 0 aliphatic heterocycles. The van der Waals surface area contributed by atoms with Crippen molar-refractivity contribution in [1.82, 2.24) is 0 Å². The van der Waals surface area contributed by atoms with E-state index in [1.54, 1.807) is 18.2 Å². The highest BCUT2D eigenvalue weighted by Crippen LogP contribution is 2.19. The average Bonchev–Trinajstić information content (AvgIpc) is 2.29. The van der Waals surface area contributed by atoms with Crippen LogP contribution < -0.4 is 4.72 Å². The van der Waals surface area contributed by atoms with E-state index in [1.807, 2.05) is 13.8 Å². The number of benzene rings is 1. The Hall–Kier alpha value is -1.36. The summed E-state index contributed by atoms with van der Waals surface area (Å²) in [6.07, 6.45) is 1.45. The molecule has 0 fully saturated rings. The molecule has 0 saturated carbocycles. The van der Waals surface area contributed by atoms with Gasteiger partial charge in [0.15, 0.2) is 5.78 Å². The topological polar surface area (TPSA) is 63.2 Å². The fourth-order valence-corrected chi connectivity index (χ4v) is 2.83. The van der Waals surface area contributed by atoms with Gasteiger partial charge in [0.2, 0.25) is 10.0 Å². The highest BCUT2D eigenvalue weighted by Gasteiger charge is 2.12. The lowest BCUT2D eigenvalue weighted by molar-refractivity contribution is 0.101. The lowest BCUT2D eigenvalue weighted by Crippen LogP contribution is -2.17. The molecule has 1 rings (SSSR count). The van der Waals surface area contributed by atoms with E-state index in [-0.39, 0.29) is 11.5 Å². The van der Waals surface area contributed by atoms with Crippen molar-refractivity contribution in [3.63, 3.8) is 0 Å². The van der Waals surface area contributed by atoms with E-state index in [0.29, 0.717) is 17.7 Å². The van der Waals surface area contributed by atoms with Gasteiger partial charge in [0, 0.05) is 5.56 Å². The first kappa shape index (κ1) is 14.7. The molecule has 0 saturated heterocycles. The predicted octanol–water partition coefficient (Wildman–Crippen LogP) is 2.74. The molecule has 0 radical (unpaired) electrons. The van der Waals surface area contributed by atoms with Crippen LogP contribution in [0.15, 0.2) is 18.2 Å². The number of sulfonamides is 1. The third-order valence-electron chi connectivity index (χ3n) is 2.68. The Morgan fingerprint density at radius 1 is 1.33 bits per heavy atom. The second kappa shape index (κ2) is 6.00. The maximum Gasteiger partial charge on any atom is 0.232 e. The zero-order valence-corrected chi connectivity index (χ0v) is 11.8. The number of hydrogen-bond acceptors (Lipinski definition) is 3. The van der Waals surface area contributed by atoms with Gasteiger partial charge in [-0.25, -0.2) is 8.42 Å². The molecule has 100 valence electrons. The van der Waals surface area contributed by atoms with Gasteiger partial charge < -0.3 is 0 Å². The summed E-state index contributed by atoms with van der Waals surface area (Å²) in [5.74, 6) is 0.0248. The number of anilines is 1. The Balaban J connectivity index is 2.96. The van der Waals surface area contributed by atoms with Gasteiger partial charge in [-0.2, -0.15) is 0 Å². The first-order valence-corrected chi connectivity index (χ1v) is 7.63. The molecule has 1 aromatic rings. The van der Waals surface area contributed by atoms with Crippen molar-refractivity contribution >= 4 is 21.5 Å². The van der Waals surface area contributed by atoms with Gasteiger partial charge in [0.25, 0.3) is 0 Å². The molecule has 0 aromatic heterocycles. The van der Waals surface area contributed by atoms with Gasteiger partial charge in [-0.1, -0.05) is 25.5 Å². The molecule has 4 nitrogen and oxygen atoms in total. The molecule has 1 aromatic carbocycles. The highest BCUT2D eigenvalue weighted by atomic mass is 32.2. The maximum absolute atomic E-state index is 11.8. The van der Waals surface area contributed by atoms with E-state index < -0.39 is 10.0 Å². The number of hydrogen-bond donors (Lipinski definition) is 1. The van der Waals surface area contributed by atoms with E-state index >= 15 is 0 Å². The summed E-state index contributed by atoms with van der Waals surface area (Å²) in [5, 5.41) is 0. The first-order valence-electron chi connectivity index (χ1n) is 5.98. The molecule has 0 aliphatic rings. The van der Waals surface area contributed by atoms with Crippen LogP contribution in [0.4, 0.5) is 5.69 Å². The van der Waals surface area contributed by atoms with Crippen molar-refractivity contribution in [2.75, 3.05) is 10.5 Å². The van der Waals surface area contributed by atoms with Gasteiger partial charge in [-0.3, -0.25) is 9.52 Å². The van der Waals surface area contributed by atoms with Crippen LogP contribution in [0.3, 0.4) is 0 Å². The van der Waals surface area contributed by atoms with Crippen LogP contribution in [0.1, 0.15) is 42.6 Å². The summed E-state index contributed by atoms with van der Waals surface area (Å²) in [5.41, 5.74) is 1.80. The molecule has 18 heavy (non-hydrogen) atoms. The van der Waals surface area contributed by atoms with Crippen LogP contribution in [0.25, 0.3) is 0 Å². The minimum Gasteiger partial charge on any atom is -0.295 e. The minimum absolute atomic E-state index is 0.0796. The number of ketones is 1. The number of carbonyl (C=O) groups excluding carboxylic acids is 1. The summed E-state index contributed by atoms with van der Waals surface area (Å²) in [4.78, 5) is 11.3. The summed E-state index contributed by atoms with van der Waals surface area (Å²) >= 11 is 0. The van der Waals surface area contributed by atoms with Gasteiger partial charge >= 0.3 is 0 Å². The van der Waals surface area contributed by atoms with Gasteiger partial charge in [-0.15, -0.1) is 0 Å². The molecule has 1 N–H and O–H groups in total. The van der Waals surface area contributed by atoms with Crippen LogP contribution >= 0.6 is 0 Å². The van der Waals surface area contributed by atoms with Gasteiger partial charge in [0.1, 0.15) is 0 Å². The number of nitrogens with one attached hydrogen (secondary N) is 1. The quantitative estimate of drug-likeness (QED) is 0.808. The number of carbonyl (C=O) groups is 1. The third kappa shape index (κ3) is 4.14. The minimum atomic E-state index is -3.32. The fraction of sp³-hybridized carbons (Fsp3) is 0.462. The molecule has 0 amide bonds. The van der Waals surface area contributed by atoms with Gasteiger partial charge in [0.05, 0.1) is 11.4 Å². The predicted molar refractivity (Wildman–Crippen MR) is 73.5 cm³/mol. The van der Waals surface area contributed by atoms with Gasteiger partial charge in [-0.05, 0) is 31.9 Å². The molecule has 0 heterocycles. The normalized spacial score (nSPS) is 11.3. The first-order chi connectivity index (χ1) is 8.35. The van der Waals surface area contributed by atoms with E-state index in [9.17, 15) is 13.2 Å². The summed E-state index contributed by atoms with van der Waals surface area (Å²) < 4.78 is 26.1. The Bertz CT molecular complexity index is 535. The van der Waals surface area contributed by atoms with Crippen molar-refractivity contribution in [2.45, 2.75) is 33.6 Å². The Kier molecular flexibility index (Phi) is 4.90. The van der Waals surface area contributed by atoms with Crippen molar-refractivity contribution < 1.29 is 13.2 Å². The highest BCUT2D eigenvalue weighted by molar-refractivity contribution is 7.92. The van der Waals surface area contributed by atoms with Crippen LogP contribution in [-0.4, -0.2) is 20.0 Å². The van der Waals surface area contributed by atoms with Crippen molar-refractivity contribution in [3.05, 3.63) is 29.3 Å². The number of rotatable bonds is 6. The molecule has 0 spiro atoms. The monoisotopic (exact) mass is 269 g/mol. The average molecular weight is 269 g/mol. The van der Waals surface area contributed by atoms with Crippen LogP contribution in [0.2, 0.25) is 0 Å². The van der Waals surface area contributed by atoms with E-state index in [4.69, 9.17) is 0 Å². The second-order valence-corrected chi connectivity index (χ2v) is 6.20. The Labute approximate surface area is 108 Å². The largest absolute Gasteiger partial charge is 0.295 e. The fourth-order valence-electron chi connectivity index (χ4n) is 1.50. The smallest absolute Gasteiger partial charge is 0.232 e. The lowest BCUT2D eigenvalue weighted by Gasteiger charge is -2.11. The van der Waals surface area contributed by atoms with Crippen molar-refractivity contribution in [3.8, 4) is 0 Å². The number of unbranched alkanes of at least 4 members (excludes halogenated alkanes) is 1. The van der Waals surface area contributed by atoms with E-state index in [0.717, 1.165) is 12.0 Å². The number of Topliss-reactive ketones (excluding diaryl/α,β-unsaturated/α-hetero) is 1. The molecule has 0 aliphatic carbocycles. The van der Waals surface area contributed by atoms with E-state index in [2.05, 4.69) is 4.72 Å². The standard InChI is InChI=1S/C13H19NO3S/c1-4-5-8-18(16,17)14-13-9-12(11(3)15)7-6-10(13)2/h6-7,9,14H,4-5,8H2,1-3H3. The van der Waals surface area contributed by atoms with Crippen molar-refractivity contribution in [1.29, 1.82) is 0 Å². The number of aryl methyl sites for hydroxylation is 1. The summed E-state index contributed by atoms with van der Waals surface area (Å²) in [7, 11) is -3.32. The lowest BCUT2D eigenvalue weighted by atomic mass is 10.1. The Morgan fingerprint density at radius 3 is 2.56 bits per heavy atom. The summed E-state index contributed by atoms with van der Waals surface area (Å²) in [6.45, 7) is 5.21. The molecular formula is C13H19NO3S. The van der Waals surface area contributed by atoms with Crippen LogP contribution in [0, 0.1) is 6.92 Å². The Morgan fingerprint density at radius 2 is 2.00 bits per heavy atom. The molecule has 5 heteroatoms. The van der Waals surface area contributed by atoms with Crippen molar-refractivity contribution in [2.24, 2.45) is 0 Å². The molecular weight excluding hydrogens is 250 g/mol. The summed E-state index contributed by atoms with van der Waals surface area (Å²) in [6, 6.07) is 5.02. The van der Waals surface area contributed by atoms with E-state index in [1.165, 1.54) is 6.92 Å². The second-order valence-electron chi connectivity index (χ2n) is 4.36. The van der Waals surface area contributed by atoms with Crippen LogP contribution in [0.5, 0.6) is 0 Å². The van der Waals surface area contributed by atoms with Crippen LogP contribution in [-0.2, 0) is 10.0 Å².